The molecular formula is C14H19F3N2S. The quantitative estimate of drug-likeness (QED) is 0.817. The van der Waals surface area contributed by atoms with Gasteiger partial charge >= 0.3 is 6.18 Å². The van der Waals surface area contributed by atoms with Crippen LogP contribution >= 0.6 is 12.2 Å². The summed E-state index contributed by atoms with van der Waals surface area (Å²) in [6.07, 6.45) is -4.23. The van der Waals surface area contributed by atoms with Crippen LogP contribution in [0.5, 0.6) is 0 Å². The molecule has 2 nitrogen and oxygen atoms in total. The van der Waals surface area contributed by atoms with Crippen molar-refractivity contribution in [2.24, 2.45) is 5.73 Å². The number of nitrogens with zero attached hydrogens (tertiary/aromatic N) is 1. The summed E-state index contributed by atoms with van der Waals surface area (Å²) >= 11 is 5.02. The summed E-state index contributed by atoms with van der Waals surface area (Å²) in [7, 11) is 0. The molecule has 0 aromatic heterocycles. The first-order valence-corrected chi connectivity index (χ1v) is 6.76. The van der Waals surface area contributed by atoms with Gasteiger partial charge in [0.2, 0.25) is 0 Å². The van der Waals surface area contributed by atoms with Crippen LogP contribution in [0.3, 0.4) is 0 Å². The van der Waals surface area contributed by atoms with Gasteiger partial charge in [0.1, 0.15) is 0 Å². The lowest BCUT2D eigenvalue weighted by Crippen LogP contribution is -2.43. The standard InChI is InChI=1S/C14H19F3N2S/c1-10(2)19(9-14(15,16)17)8-12(13(18)20)11-6-4-3-5-7-11/h3-7,10,12H,8-9H2,1-2H3,(H2,18,20). The highest BCUT2D eigenvalue weighted by Crippen LogP contribution is 2.23. The van der Waals surface area contributed by atoms with Gasteiger partial charge in [0.15, 0.2) is 0 Å². The van der Waals surface area contributed by atoms with E-state index in [-0.39, 0.29) is 23.5 Å². The third-order valence-corrected chi connectivity index (χ3v) is 3.36. The molecule has 0 bridgehead atoms. The van der Waals surface area contributed by atoms with E-state index in [0.29, 0.717) is 0 Å². The van der Waals surface area contributed by atoms with E-state index >= 15 is 0 Å². The molecule has 20 heavy (non-hydrogen) atoms. The van der Waals surface area contributed by atoms with Crippen molar-refractivity contribution in [3.8, 4) is 0 Å². The second kappa shape index (κ2) is 7.04. The largest absolute Gasteiger partial charge is 0.401 e. The monoisotopic (exact) mass is 304 g/mol. The highest BCUT2D eigenvalue weighted by Gasteiger charge is 2.33. The van der Waals surface area contributed by atoms with Gasteiger partial charge in [-0.2, -0.15) is 13.2 Å². The summed E-state index contributed by atoms with van der Waals surface area (Å²) < 4.78 is 37.8. The van der Waals surface area contributed by atoms with Gasteiger partial charge in [-0.3, -0.25) is 4.90 Å². The van der Waals surface area contributed by atoms with Crippen molar-refractivity contribution in [1.29, 1.82) is 0 Å². The molecule has 2 N–H and O–H groups in total. The number of hydrogen-bond acceptors (Lipinski definition) is 2. The van der Waals surface area contributed by atoms with Gasteiger partial charge in [-0.05, 0) is 19.4 Å². The van der Waals surface area contributed by atoms with Crippen LogP contribution in [0.1, 0.15) is 25.3 Å². The molecule has 1 unspecified atom stereocenters. The van der Waals surface area contributed by atoms with Crippen LogP contribution in [0.2, 0.25) is 0 Å². The Balaban J connectivity index is 2.90. The molecule has 6 heteroatoms. The molecule has 1 atom stereocenters. The fourth-order valence-corrected chi connectivity index (χ4v) is 2.18. The number of halogens is 3. The second-order valence-corrected chi connectivity index (χ2v) is 5.48. The molecule has 0 saturated heterocycles. The van der Waals surface area contributed by atoms with Gasteiger partial charge in [0, 0.05) is 18.5 Å². The summed E-state index contributed by atoms with van der Waals surface area (Å²) in [5, 5.41) is 0. The molecule has 112 valence electrons. The maximum atomic E-state index is 12.6. The smallest absolute Gasteiger partial charge is 0.393 e. The Morgan fingerprint density at radius 1 is 1.25 bits per heavy atom. The van der Waals surface area contributed by atoms with Crippen LogP contribution in [-0.2, 0) is 0 Å². The predicted octanol–water partition coefficient (Wildman–Crippen LogP) is 3.33. The summed E-state index contributed by atoms with van der Waals surface area (Å²) in [5.74, 6) is -0.379. The summed E-state index contributed by atoms with van der Waals surface area (Å²) in [6.45, 7) is 2.66. The molecular weight excluding hydrogens is 285 g/mol. The molecule has 0 aliphatic heterocycles. The zero-order valence-corrected chi connectivity index (χ0v) is 12.3. The van der Waals surface area contributed by atoms with Gasteiger partial charge in [-0.15, -0.1) is 0 Å². The minimum Gasteiger partial charge on any atom is -0.393 e. The van der Waals surface area contributed by atoms with Crippen molar-refractivity contribution < 1.29 is 13.2 Å². The fourth-order valence-electron chi connectivity index (χ4n) is 1.97. The zero-order chi connectivity index (χ0) is 15.3. The van der Waals surface area contributed by atoms with Crippen LogP contribution in [0.15, 0.2) is 30.3 Å². The Labute approximate surface area is 122 Å². The van der Waals surface area contributed by atoms with Crippen molar-refractivity contribution in [3.05, 3.63) is 35.9 Å². The van der Waals surface area contributed by atoms with Crippen molar-refractivity contribution in [2.75, 3.05) is 13.1 Å². The highest BCUT2D eigenvalue weighted by atomic mass is 32.1. The van der Waals surface area contributed by atoms with Crippen molar-refractivity contribution in [1.82, 2.24) is 4.90 Å². The van der Waals surface area contributed by atoms with Gasteiger partial charge in [0.05, 0.1) is 11.5 Å². The lowest BCUT2D eigenvalue weighted by Gasteiger charge is -2.31. The first-order valence-electron chi connectivity index (χ1n) is 6.35. The minimum atomic E-state index is -4.23. The van der Waals surface area contributed by atoms with E-state index in [1.54, 1.807) is 13.8 Å². The third kappa shape index (κ3) is 5.46. The van der Waals surface area contributed by atoms with Gasteiger partial charge < -0.3 is 5.73 Å². The number of nitrogens with two attached hydrogens (primary N) is 1. The van der Waals surface area contributed by atoms with Crippen LogP contribution < -0.4 is 5.73 Å². The molecule has 0 saturated carbocycles. The Kier molecular flexibility index (Phi) is 5.95. The number of benzene rings is 1. The Hall–Kier alpha value is -1.14. The van der Waals surface area contributed by atoms with E-state index in [0.717, 1.165) is 5.56 Å². The second-order valence-electron chi connectivity index (χ2n) is 5.00. The van der Waals surface area contributed by atoms with E-state index in [9.17, 15) is 13.2 Å². The van der Waals surface area contributed by atoms with Crippen molar-refractivity contribution in [3.63, 3.8) is 0 Å². The molecule has 0 amide bonds. The molecule has 1 aromatic carbocycles. The molecule has 0 heterocycles. The summed E-state index contributed by atoms with van der Waals surface area (Å²) in [4.78, 5) is 1.56. The Morgan fingerprint density at radius 3 is 2.20 bits per heavy atom. The third-order valence-electron chi connectivity index (χ3n) is 3.08. The normalized spacial score (nSPS) is 13.8. The maximum Gasteiger partial charge on any atom is 0.401 e. The number of hydrogen-bond donors (Lipinski definition) is 1. The SMILES string of the molecule is CC(C)N(CC(C(N)=S)c1ccccc1)CC(F)(F)F. The molecule has 1 aromatic rings. The Bertz CT molecular complexity index is 432. The number of thiocarbonyl (C=S) groups is 1. The molecule has 0 fully saturated rings. The Morgan fingerprint density at radius 2 is 1.80 bits per heavy atom. The molecule has 0 aliphatic rings. The number of rotatable bonds is 6. The lowest BCUT2D eigenvalue weighted by atomic mass is 9.98. The minimum absolute atomic E-state index is 0.163. The average molecular weight is 304 g/mol. The maximum absolute atomic E-state index is 12.6. The van der Waals surface area contributed by atoms with Gasteiger partial charge in [-0.25, -0.2) is 0 Å². The highest BCUT2D eigenvalue weighted by molar-refractivity contribution is 7.80. The topological polar surface area (TPSA) is 29.3 Å². The van der Waals surface area contributed by atoms with Crippen LogP contribution in [0.25, 0.3) is 0 Å². The first-order chi connectivity index (χ1) is 9.20. The van der Waals surface area contributed by atoms with Gasteiger partial charge in [-0.1, -0.05) is 42.5 Å². The predicted molar refractivity (Wildman–Crippen MR) is 78.7 cm³/mol. The molecule has 1 rings (SSSR count). The molecule has 0 spiro atoms. The average Bonchev–Trinajstić information content (AvgIpc) is 2.33. The first kappa shape index (κ1) is 16.9. The van der Waals surface area contributed by atoms with Crippen molar-refractivity contribution in [2.45, 2.75) is 32.0 Å². The van der Waals surface area contributed by atoms with E-state index in [1.807, 2.05) is 30.3 Å². The van der Waals surface area contributed by atoms with E-state index in [4.69, 9.17) is 18.0 Å². The molecule has 0 radical (unpaired) electrons. The van der Waals surface area contributed by atoms with E-state index in [1.165, 1.54) is 4.90 Å². The summed E-state index contributed by atoms with van der Waals surface area (Å²) in [6, 6.07) is 8.91. The summed E-state index contributed by atoms with van der Waals surface area (Å²) in [5.41, 5.74) is 6.55. The van der Waals surface area contributed by atoms with Crippen LogP contribution in [0.4, 0.5) is 13.2 Å². The van der Waals surface area contributed by atoms with E-state index in [2.05, 4.69) is 0 Å². The lowest BCUT2D eigenvalue weighted by molar-refractivity contribution is -0.149. The van der Waals surface area contributed by atoms with Crippen molar-refractivity contribution >= 4 is 17.2 Å². The van der Waals surface area contributed by atoms with E-state index < -0.39 is 12.7 Å². The number of alkyl halides is 3. The molecule has 0 aliphatic carbocycles. The zero-order valence-electron chi connectivity index (χ0n) is 11.5. The van der Waals surface area contributed by atoms with Gasteiger partial charge in [0.25, 0.3) is 0 Å². The fraction of sp³-hybridized carbons (Fsp3) is 0.500. The van der Waals surface area contributed by atoms with Crippen LogP contribution in [0, 0.1) is 0 Å². The van der Waals surface area contributed by atoms with Crippen LogP contribution in [-0.4, -0.2) is 35.2 Å².